The summed E-state index contributed by atoms with van der Waals surface area (Å²) in [5.74, 6) is 1.82. The highest BCUT2D eigenvalue weighted by Crippen LogP contribution is 2.30. The molecule has 2 aromatic heterocycles. The highest BCUT2D eigenvalue weighted by molar-refractivity contribution is 5.94. The molecule has 2 aliphatic heterocycles. The van der Waals surface area contributed by atoms with Crippen molar-refractivity contribution in [3.63, 3.8) is 0 Å². The smallest absolute Gasteiger partial charge is 0.129 e. The highest BCUT2D eigenvalue weighted by atomic mass is 16.5. The summed E-state index contributed by atoms with van der Waals surface area (Å²) in [6.07, 6.45) is 1.85. The third-order valence-electron chi connectivity index (χ3n) is 5.67. The van der Waals surface area contributed by atoms with Gasteiger partial charge in [-0.25, -0.2) is 4.98 Å². The molecule has 1 aromatic carbocycles. The second-order valence-corrected chi connectivity index (χ2v) is 7.58. The molecule has 0 atom stereocenters. The van der Waals surface area contributed by atoms with E-state index in [1.54, 1.807) is 0 Å². The van der Waals surface area contributed by atoms with Gasteiger partial charge in [0.1, 0.15) is 23.9 Å². The molecule has 0 radical (unpaired) electrons. The number of benzene rings is 1. The molecule has 1 N–H and O–H groups in total. The summed E-state index contributed by atoms with van der Waals surface area (Å²) in [4.78, 5) is 9.17. The van der Waals surface area contributed by atoms with Gasteiger partial charge in [0.05, 0.1) is 31.9 Å². The molecule has 0 unspecified atom stereocenters. The predicted octanol–water partition coefficient (Wildman–Crippen LogP) is 2.17. The minimum absolute atomic E-state index is 0.662. The zero-order valence-corrected chi connectivity index (χ0v) is 17.0. The van der Waals surface area contributed by atoms with Gasteiger partial charge in [-0.3, -0.25) is 10.00 Å². The number of hydrogen-bond donors (Lipinski definition) is 1. The van der Waals surface area contributed by atoms with Gasteiger partial charge in [-0.05, 0) is 30.3 Å². The number of nitrogens with one attached hydrogen (secondary N) is 1. The van der Waals surface area contributed by atoms with Crippen LogP contribution in [0.25, 0.3) is 22.2 Å². The Morgan fingerprint density at radius 2 is 1.77 bits per heavy atom. The number of nitrogens with zero attached hydrogens (tertiary/aromatic N) is 4. The number of morpholine rings is 2. The second-order valence-electron chi connectivity index (χ2n) is 7.58. The summed E-state index contributed by atoms with van der Waals surface area (Å²) in [5, 5.41) is 8.77. The molecule has 2 aliphatic rings. The second kappa shape index (κ2) is 8.99. The molecule has 158 valence electrons. The van der Waals surface area contributed by atoms with Crippen LogP contribution in [0.15, 0.2) is 36.5 Å². The molecule has 30 heavy (non-hydrogen) atoms. The molecular formula is C22H27N5O3. The van der Waals surface area contributed by atoms with E-state index in [4.69, 9.17) is 14.2 Å². The Balaban J connectivity index is 1.33. The fourth-order valence-corrected chi connectivity index (χ4v) is 3.95. The lowest BCUT2D eigenvalue weighted by atomic mass is 10.1. The molecule has 8 nitrogen and oxygen atoms in total. The van der Waals surface area contributed by atoms with Crippen LogP contribution in [0, 0.1) is 0 Å². The summed E-state index contributed by atoms with van der Waals surface area (Å²) in [6.45, 7) is 8.33. The van der Waals surface area contributed by atoms with Crippen LogP contribution in [0.3, 0.4) is 0 Å². The topological polar surface area (TPSA) is 75.7 Å². The summed E-state index contributed by atoms with van der Waals surface area (Å²) < 4.78 is 16.9. The van der Waals surface area contributed by atoms with E-state index in [9.17, 15) is 0 Å². The van der Waals surface area contributed by atoms with Crippen molar-refractivity contribution >= 4 is 16.7 Å². The molecule has 4 heterocycles. The number of fused-ring (bicyclic) bond motifs is 1. The first kappa shape index (κ1) is 19.3. The Kier molecular flexibility index (Phi) is 5.78. The van der Waals surface area contributed by atoms with Crippen LogP contribution in [0.2, 0.25) is 0 Å². The van der Waals surface area contributed by atoms with E-state index in [0.717, 1.165) is 92.9 Å². The van der Waals surface area contributed by atoms with Crippen LogP contribution in [0.4, 0.5) is 5.82 Å². The highest BCUT2D eigenvalue weighted by Gasteiger charge is 2.16. The fraction of sp³-hybridized carbons (Fsp3) is 0.455. The standard InChI is InChI=1S/C22H27N5O3/c1-2-20-19(16-18(1)30-14-7-26-5-10-28-11-6-26)22(25-24-20)17-3-4-23-21(15-17)27-8-12-29-13-9-27/h1-4,15-16H,5-14H2,(H,24,25). The van der Waals surface area contributed by atoms with Crippen LogP contribution in [-0.2, 0) is 9.47 Å². The Bertz CT molecular complexity index is 980. The van der Waals surface area contributed by atoms with E-state index in [2.05, 4.69) is 37.1 Å². The van der Waals surface area contributed by atoms with Crippen molar-refractivity contribution < 1.29 is 14.2 Å². The predicted molar refractivity (Wildman–Crippen MR) is 115 cm³/mol. The molecule has 0 aliphatic carbocycles. The number of pyridine rings is 1. The molecular weight excluding hydrogens is 382 g/mol. The Morgan fingerprint density at radius 1 is 0.967 bits per heavy atom. The van der Waals surface area contributed by atoms with Gasteiger partial charge in [-0.1, -0.05) is 0 Å². The number of aromatic nitrogens is 3. The van der Waals surface area contributed by atoms with E-state index in [1.165, 1.54) is 0 Å². The van der Waals surface area contributed by atoms with Gasteiger partial charge < -0.3 is 19.1 Å². The largest absolute Gasteiger partial charge is 0.492 e. The SMILES string of the molecule is c1cc(-c2n[nH]c3ccc(OCCN4CCOCC4)cc23)cc(N2CCOCC2)n1. The maximum Gasteiger partial charge on any atom is 0.129 e. The number of hydrogen-bond acceptors (Lipinski definition) is 7. The number of aromatic amines is 1. The van der Waals surface area contributed by atoms with Crippen molar-refractivity contribution in [2.45, 2.75) is 0 Å². The first-order valence-corrected chi connectivity index (χ1v) is 10.6. The van der Waals surface area contributed by atoms with Gasteiger partial charge in [-0.15, -0.1) is 0 Å². The molecule has 2 saturated heterocycles. The summed E-state index contributed by atoms with van der Waals surface area (Å²) in [7, 11) is 0. The zero-order valence-electron chi connectivity index (χ0n) is 17.0. The monoisotopic (exact) mass is 409 g/mol. The van der Waals surface area contributed by atoms with Crippen molar-refractivity contribution in [3.8, 4) is 17.0 Å². The summed E-state index contributed by atoms with van der Waals surface area (Å²) in [6, 6.07) is 10.2. The Labute approximate surface area is 175 Å². The lowest BCUT2D eigenvalue weighted by molar-refractivity contribution is 0.0322. The molecule has 0 bridgehead atoms. The third kappa shape index (κ3) is 4.26. The van der Waals surface area contributed by atoms with E-state index in [0.29, 0.717) is 6.61 Å². The Hall–Kier alpha value is -2.68. The zero-order chi connectivity index (χ0) is 20.2. The van der Waals surface area contributed by atoms with Crippen molar-refractivity contribution in [3.05, 3.63) is 36.5 Å². The van der Waals surface area contributed by atoms with E-state index >= 15 is 0 Å². The van der Waals surface area contributed by atoms with Gasteiger partial charge in [0, 0.05) is 49.9 Å². The van der Waals surface area contributed by atoms with E-state index < -0.39 is 0 Å². The first-order valence-electron chi connectivity index (χ1n) is 10.6. The third-order valence-corrected chi connectivity index (χ3v) is 5.67. The van der Waals surface area contributed by atoms with Gasteiger partial charge in [-0.2, -0.15) is 5.10 Å². The van der Waals surface area contributed by atoms with Crippen molar-refractivity contribution in [1.82, 2.24) is 20.1 Å². The molecule has 0 spiro atoms. The van der Waals surface area contributed by atoms with E-state index in [1.807, 2.05) is 24.4 Å². The summed E-state index contributed by atoms with van der Waals surface area (Å²) >= 11 is 0. The Morgan fingerprint density at radius 3 is 2.60 bits per heavy atom. The minimum atomic E-state index is 0.662. The van der Waals surface area contributed by atoms with Gasteiger partial charge >= 0.3 is 0 Å². The maximum atomic E-state index is 6.04. The van der Waals surface area contributed by atoms with Crippen LogP contribution in [-0.4, -0.2) is 85.8 Å². The van der Waals surface area contributed by atoms with Gasteiger partial charge in [0.2, 0.25) is 0 Å². The molecule has 5 rings (SSSR count). The van der Waals surface area contributed by atoms with Crippen molar-refractivity contribution in [1.29, 1.82) is 0 Å². The molecule has 3 aromatic rings. The number of ether oxygens (including phenoxy) is 3. The number of anilines is 1. The molecule has 0 saturated carbocycles. The lowest BCUT2D eigenvalue weighted by Crippen LogP contribution is -2.38. The van der Waals surface area contributed by atoms with Crippen LogP contribution in [0.1, 0.15) is 0 Å². The minimum Gasteiger partial charge on any atom is -0.492 e. The van der Waals surface area contributed by atoms with Crippen LogP contribution in [0.5, 0.6) is 5.75 Å². The molecule has 0 amide bonds. The number of rotatable bonds is 6. The molecule has 8 heteroatoms. The van der Waals surface area contributed by atoms with Crippen LogP contribution >= 0.6 is 0 Å². The lowest BCUT2D eigenvalue weighted by Gasteiger charge is -2.27. The van der Waals surface area contributed by atoms with Crippen molar-refractivity contribution in [2.24, 2.45) is 0 Å². The normalized spacial score (nSPS) is 18.1. The van der Waals surface area contributed by atoms with E-state index in [-0.39, 0.29) is 0 Å². The van der Waals surface area contributed by atoms with Crippen molar-refractivity contribution in [2.75, 3.05) is 70.7 Å². The number of H-pyrrole nitrogens is 1. The average molecular weight is 409 g/mol. The van der Waals surface area contributed by atoms with Gasteiger partial charge in [0.25, 0.3) is 0 Å². The quantitative estimate of drug-likeness (QED) is 0.669. The molecule has 2 fully saturated rings. The van der Waals surface area contributed by atoms with Gasteiger partial charge in [0.15, 0.2) is 0 Å². The average Bonchev–Trinajstić information content (AvgIpc) is 3.24. The summed E-state index contributed by atoms with van der Waals surface area (Å²) in [5.41, 5.74) is 2.96. The fourth-order valence-electron chi connectivity index (χ4n) is 3.95. The van der Waals surface area contributed by atoms with Crippen LogP contribution < -0.4 is 9.64 Å². The maximum absolute atomic E-state index is 6.04. The first-order chi connectivity index (χ1) is 14.9.